The van der Waals surface area contributed by atoms with E-state index in [0.717, 1.165) is 25.2 Å². The minimum atomic E-state index is -0.0373. The van der Waals surface area contributed by atoms with Crippen molar-refractivity contribution in [2.24, 2.45) is 7.05 Å². The van der Waals surface area contributed by atoms with E-state index in [1.54, 1.807) is 13.2 Å². The number of carbonyl (C=O) groups is 1. The van der Waals surface area contributed by atoms with Gasteiger partial charge in [-0.1, -0.05) is 6.42 Å². The molecule has 1 amide bonds. The Bertz CT molecular complexity index is 631. The number of piperidine rings is 1. The second-order valence-electron chi connectivity index (χ2n) is 5.85. The van der Waals surface area contributed by atoms with E-state index < -0.39 is 0 Å². The summed E-state index contributed by atoms with van der Waals surface area (Å²) in [5.74, 6) is -0.0373. The van der Waals surface area contributed by atoms with Gasteiger partial charge in [0.2, 0.25) is 0 Å². The molecule has 2 aromatic rings. The maximum absolute atomic E-state index is 11.9. The summed E-state index contributed by atoms with van der Waals surface area (Å²) in [7, 11) is 3.64. The lowest BCUT2D eigenvalue weighted by Gasteiger charge is -2.35. The third-order valence-electron chi connectivity index (χ3n) is 4.51. The molecule has 1 fully saturated rings. The molecule has 6 heteroatoms. The fourth-order valence-electron chi connectivity index (χ4n) is 3.32. The fraction of sp³-hybridized carbons (Fsp3) is 0.500. The molecular formula is C16H23N5O. The van der Waals surface area contributed by atoms with Crippen molar-refractivity contribution in [1.29, 1.82) is 0 Å². The highest BCUT2D eigenvalue weighted by atomic mass is 16.1. The predicted molar refractivity (Wildman–Crippen MR) is 84.4 cm³/mol. The predicted octanol–water partition coefficient (Wildman–Crippen LogP) is 1.83. The van der Waals surface area contributed by atoms with Crippen LogP contribution in [0.1, 0.15) is 47.2 Å². The number of rotatable bonds is 4. The van der Waals surface area contributed by atoms with Gasteiger partial charge in [0.05, 0.1) is 6.04 Å². The van der Waals surface area contributed by atoms with Gasteiger partial charge in [0, 0.05) is 38.2 Å². The normalized spacial score (nSPS) is 19.3. The zero-order chi connectivity index (χ0) is 15.5. The second kappa shape index (κ2) is 6.36. The van der Waals surface area contributed by atoms with E-state index in [-0.39, 0.29) is 5.91 Å². The average molecular weight is 301 g/mol. The van der Waals surface area contributed by atoms with E-state index in [1.165, 1.54) is 18.5 Å². The van der Waals surface area contributed by atoms with Crippen molar-refractivity contribution in [3.05, 3.63) is 41.5 Å². The van der Waals surface area contributed by atoms with Crippen LogP contribution in [0.5, 0.6) is 0 Å². The van der Waals surface area contributed by atoms with Crippen molar-refractivity contribution < 1.29 is 4.79 Å². The summed E-state index contributed by atoms with van der Waals surface area (Å²) < 4.78 is 2.02. The van der Waals surface area contributed by atoms with Gasteiger partial charge in [-0.3, -0.25) is 14.8 Å². The van der Waals surface area contributed by atoms with Crippen LogP contribution in [-0.2, 0) is 13.6 Å². The number of hydrogen-bond acceptors (Lipinski definition) is 3. The van der Waals surface area contributed by atoms with Crippen LogP contribution >= 0.6 is 0 Å². The van der Waals surface area contributed by atoms with Crippen LogP contribution < -0.4 is 5.32 Å². The van der Waals surface area contributed by atoms with Crippen LogP contribution in [0.25, 0.3) is 0 Å². The third-order valence-corrected chi connectivity index (χ3v) is 4.51. The molecule has 1 saturated heterocycles. The van der Waals surface area contributed by atoms with Gasteiger partial charge < -0.3 is 9.88 Å². The fourth-order valence-corrected chi connectivity index (χ4v) is 3.32. The molecule has 22 heavy (non-hydrogen) atoms. The van der Waals surface area contributed by atoms with Crippen LogP contribution in [0.15, 0.2) is 24.4 Å². The van der Waals surface area contributed by atoms with Gasteiger partial charge in [-0.2, -0.15) is 5.10 Å². The van der Waals surface area contributed by atoms with Gasteiger partial charge in [0.25, 0.3) is 5.91 Å². The summed E-state index contributed by atoms with van der Waals surface area (Å²) in [6.07, 6.45) is 5.36. The maximum Gasteiger partial charge on any atom is 0.267 e. The number of nitrogens with zero attached hydrogens (tertiary/aromatic N) is 3. The smallest absolute Gasteiger partial charge is 0.267 e. The van der Waals surface area contributed by atoms with Crippen LogP contribution in [0.4, 0.5) is 0 Å². The molecule has 6 nitrogen and oxygen atoms in total. The molecule has 3 rings (SSSR count). The Hall–Kier alpha value is -2.08. The summed E-state index contributed by atoms with van der Waals surface area (Å²) in [6.45, 7) is 1.94. The SMILES string of the molecule is CNC(=O)c1ccc([C@H]2CCCCN2Cc2ccn[nH]2)n1C. The Kier molecular flexibility index (Phi) is 4.29. The molecule has 0 unspecified atom stereocenters. The highest BCUT2D eigenvalue weighted by Crippen LogP contribution is 2.32. The minimum Gasteiger partial charge on any atom is -0.354 e. The maximum atomic E-state index is 11.9. The summed E-state index contributed by atoms with van der Waals surface area (Å²) >= 11 is 0. The number of nitrogens with one attached hydrogen (secondary N) is 2. The van der Waals surface area contributed by atoms with E-state index in [0.29, 0.717) is 11.7 Å². The number of H-pyrrole nitrogens is 1. The number of likely N-dealkylation sites (tertiary alicyclic amines) is 1. The first-order valence-corrected chi connectivity index (χ1v) is 7.80. The Morgan fingerprint density at radius 1 is 1.41 bits per heavy atom. The lowest BCUT2D eigenvalue weighted by atomic mass is 9.99. The molecule has 1 atom stereocenters. The van der Waals surface area contributed by atoms with Gasteiger partial charge in [-0.05, 0) is 37.6 Å². The Morgan fingerprint density at radius 2 is 2.27 bits per heavy atom. The van der Waals surface area contributed by atoms with Crippen molar-refractivity contribution in [3.8, 4) is 0 Å². The summed E-state index contributed by atoms with van der Waals surface area (Å²) in [5, 5.41) is 9.77. The molecule has 0 aliphatic carbocycles. The largest absolute Gasteiger partial charge is 0.354 e. The lowest BCUT2D eigenvalue weighted by molar-refractivity contribution is 0.0952. The molecule has 118 valence electrons. The average Bonchev–Trinajstić information content (AvgIpc) is 3.17. The summed E-state index contributed by atoms with van der Waals surface area (Å²) in [5.41, 5.74) is 3.05. The molecule has 0 aromatic carbocycles. The number of amides is 1. The Balaban J connectivity index is 1.84. The topological polar surface area (TPSA) is 66.0 Å². The zero-order valence-corrected chi connectivity index (χ0v) is 13.2. The number of carbonyl (C=O) groups excluding carboxylic acids is 1. The quantitative estimate of drug-likeness (QED) is 0.905. The lowest BCUT2D eigenvalue weighted by Crippen LogP contribution is -2.34. The molecule has 2 aromatic heterocycles. The van der Waals surface area contributed by atoms with E-state index in [4.69, 9.17) is 0 Å². The summed E-state index contributed by atoms with van der Waals surface area (Å²) in [4.78, 5) is 14.4. The zero-order valence-electron chi connectivity index (χ0n) is 13.2. The molecule has 0 bridgehead atoms. The van der Waals surface area contributed by atoms with Crippen LogP contribution in [-0.4, -0.2) is 39.2 Å². The number of aromatic nitrogens is 3. The molecule has 0 saturated carbocycles. The van der Waals surface area contributed by atoms with Gasteiger partial charge >= 0.3 is 0 Å². The first-order valence-electron chi connectivity index (χ1n) is 7.80. The minimum absolute atomic E-state index is 0.0373. The van der Waals surface area contributed by atoms with Crippen LogP contribution in [0, 0.1) is 0 Å². The molecule has 3 heterocycles. The van der Waals surface area contributed by atoms with Crippen LogP contribution in [0.3, 0.4) is 0 Å². The molecule has 0 spiro atoms. The molecule has 1 aliphatic heterocycles. The van der Waals surface area contributed by atoms with Crippen LogP contribution in [0.2, 0.25) is 0 Å². The van der Waals surface area contributed by atoms with Crippen molar-refractivity contribution in [3.63, 3.8) is 0 Å². The van der Waals surface area contributed by atoms with Gasteiger partial charge in [0.15, 0.2) is 0 Å². The highest BCUT2D eigenvalue weighted by molar-refractivity contribution is 5.92. The van der Waals surface area contributed by atoms with Gasteiger partial charge in [-0.15, -0.1) is 0 Å². The van der Waals surface area contributed by atoms with Crippen molar-refractivity contribution in [2.75, 3.05) is 13.6 Å². The monoisotopic (exact) mass is 301 g/mol. The standard InChI is InChI=1S/C16H23N5O/c1-17-16(22)15-7-6-13(20(15)2)14-5-3-4-10-21(14)11-12-8-9-18-19-12/h6-9,14H,3-5,10-11H2,1-2H3,(H,17,22)(H,18,19)/t14-/m1/s1. The van der Waals surface area contributed by atoms with E-state index in [9.17, 15) is 4.79 Å². The van der Waals surface area contributed by atoms with E-state index in [2.05, 4.69) is 26.5 Å². The van der Waals surface area contributed by atoms with Crippen molar-refractivity contribution in [1.82, 2.24) is 25.0 Å². The molecule has 2 N–H and O–H groups in total. The Morgan fingerprint density at radius 3 is 3.00 bits per heavy atom. The number of aromatic amines is 1. The second-order valence-corrected chi connectivity index (χ2v) is 5.85. The number of hydrogen-bond donors (Lipinski definition) is 2. The third kappa shape index (κ3) is 2.78. The Labute approximate surface area is 130 Å². The van der Waals surface area contributed by atoms with E-state index in [1.807, 2.05) is 23.7 Å². The van der Waals surface area contributed by atoms with E-state index >= 15 is 0 Å². The van der Waals surface area contributed by atoms with Gasteiger partial charge in [-0.25, -0.2) is 0 Å². The first-order chi connectivity index (χ1) is 10.7. The first kappa shape index (κ1) is 14.8. The van der Waals surface area contributed by atoms with Crippen molar-refractivity contribution >= 4 is 5.91 Å². The van der Waals surface area contributed by atoms with Crippen molar-refractivity contribution in [2.45, 2.75) is 31.8 Å². The highest BCUT2D eigenvalue weighted by Gasteiger charge is 2.27. The van der Waals surface area contributed by atoms with Gasteiger partial charge in [0.1, 0.15) is 5.69 Å². The molecular weight excluding hydrogens is 278 g/mol. The molecule has 1 aliphatic rings. The summed E-state index contributed by atoms with van der Waals surface area (Å²) in [6, 6.07) is 6.37. The molecule has 0 radical (unpaired) electrons.